The molecule has 1 rings (SSSR count). The predicted octanol–water partition coefficient (Wildman–Crippen LogP) is 2.36. The monoisotopic (exact) mass is 216 g/mol. The molecule has 0 aliphatic carbocycles. The van der Waals surface area contributed by atoms with Gasteiger partial charge in [0.25, 0.3) is 0 Å². The second kappa shape index (κ2) is 5.92. The quantitative estimate of drug-likeness (QED) is 0.759. The van der Waals surface area contributed by atoms with Gasteiger partial charge in [-0.2, -0.15) is 5.26 Å². The molecule has 0 heterocycles. The average Bonchev–Trinajstić information content (AvgIpc) is 2.28. The van der Waals surface area contributed by atoms with Gasteiger partial charge in [-0.25, -0.2) is 0 Å². The Morgan fingerprint density at radius 2 is 2.00 bits per heavy atom. The minimum atomic E-state index is 0.230. The molecule has 1 aromatic carbocycles. The first-order valence-corrected chi connectivity index (χ1v) is 5.34. The fourth-order valence-electron chi connectivity index (χ4n) is 1.48. The van der Waals surface area contributed by atoms with E-state index in [2.05, 4.69) is 11.0 Å². The summed E-state index contributed by atoms with van der Waals surface area (Å²) in [5.74, 6) is 0.230. The topological polar surface area (TPSA) is 44.1 Å². The first-order valence-electron chi connectivity index (χ1n) is 5.34. The molecule has 0 spiro atoms. The van der Waals surface area contributed by atoms with Crippen molar-refractivity contribution in [3.63, 3.8) is 0 Å². The summed E-state index contributed by atoms with van der Waals surface area (Å²) in [6, 6.07) is 9.54. The van der Waals surface area contributed by atoms with Crippen molar-refractivity contribution >= 4 is 11.5 Å². The SMILES string of the molecule is CC(=O)CCCN(C)c1ccc(C#N)cc1. The standard InChI is InChI=1S/C13H16N2O/c1-11(16)4-3-9-15(2)13-7-5-12(10-14)6-8-13/h5-8H,3-4,9H2,1-2H3. The van der Waals surface area contributed by atoms with Crippen molar-refractivity contribution in [1.82, 2.24) is 0 Å². The van der Waals surface area contributed by atoms with Crippen molar-refractivity contribution in [2.24, 2.45) is 0 Å². The van der Waals surface area contributed by atoms with Crippen LogP contribution in [0.25, 0.3) is 0 Å². The first-order chi connectivity index (χ1) is 7.63. The van der Waals surface area contributed by atoms with Gasteiger partial charge < -0.3 is 9.69 Å². The third kappa shape index (κ3) is 3.74. The van der Waals surface area contributed by atoms with E-state index in [1.807, 2.05) is 19.2 Å². The molecule has 0 aromatic heterocycles. The molecule has 0 unspecified atom stereocenters. The predicted molar refractivity (Wildman–Crippen MR) is 64.3 cm³/mol. The van der Waals surface area contributed by atoms with Crippen LogP contribution in [0.3, 0.4) is 0 Å². The molecule has 0 N–H and O–H groups in total. The largest absolute Gasteiger partial charge is 0.375 e. The summed E-state index contributed by atoms with van der Waals surface area (Å²) in [7, 11) is 1.99. The molecule has 1 aromatic rings. The van der Waals surface area contributed by atoms with Crippen molar-refractivity contribution in [2.75, 3.05) is 18.5 Å². The lowest BCUT2D eigenvalue weighted by Crippen LogP contribution is -2.18. The smallest absolute Gasteiger partial charge is 0.129 e. The van der Waals surface area contributed by atoms with Crippen molar-refractivity contribution in [3.8, 4) is 6.07 Å². The second-order valence-electron chi connectivity index (χ2n) is 3.89. The zero-order valence-electron chi connectivity index (χ0n) is 9.73. The number of ketones is 1. The Hall–Kier alpha value is -1.82. The van der Waals surface area contributed by atoms with Crippen LogP contribution in [0, 0.1) is 11.3 Å². The number of rotatable bonds is 5. The zero-order chi connectivity index (χ0) is 12.0. The molecule has 0 aliphatic rings. The van der Waals surface area contributed by atoms with Gasteiger partial charge in [0.1, 0.15) is 5.78 Å². The fourth-order valence-corrected chi connectivity index (χ4v) is 1.48. The van der Waals surface area contributed by atoms with Gasteiger partial charge in [0.05, 0.1) is 11.6 Å². The molecule has 3 heteroatoms. The van der Waals surface area contributed by atoms with Gasteiger partial charge in [-0.15, -0.1) is 0 Å². The third-order valence-corrected chi connectivity index (χ3v) is 2.46. The van der Waals surface area contributed by atoms with Crippen LogP contribution in [-0.4, -0.2) is 19.4 Å². The van der Waals surface area contributed by atoms with Gasteiger partial charge in [0.2, 0.25) is 0 Å². The van der Waals surface area contributed by atoms with Gasteiger partial charge in [-0.3, -0.25) is 0 Å². The summed E-state index contributed by atoms with van der Waals surface area (Å²) < 4.78 is 0. The van der Waals surface area contributed by atoms with Gasteiger partial charge >= 0.3 is 0 Å². The number of nitrogens with zero attached hydrogens (tertiary/aromatic N) is 2. The lowest BCUT2D eigenvalue weighted by Gasteiger charge is -2.18. The van der Waals surface area contributed by atoms with Crippen LogP contribution in [0.1, 0.15) is 25.3 Å². The maximum Gasteiger partial charge on any atom is 0.129 e. The molecule has 0 atom stereocenters. The summed E-state index contributed by atoms with van der Waals surface area (Å²) in [6.45, 7) is 2.47. The van der Waals surface area contributed by atoms with E-state index in [9.17, 15) is 4.79 Å². The van der Waals surface area contributed by atoms with E-state index in [0.717, 1.165) is 18.7 Å². The summed E-state index contributed by atoms with van der Waals surface area (Å²) in [6.07, 6.45) is 1.49. The highest BCUT2D eigenvalue weighted by atomic mass is 16.1. The molecular weight excluding hydrogens is 200 g/mol. The Labute approximate surface area is 96.3 Å². The van der Waals surface area contributed by atoms with Crippen LogP contribution in [0.5, 0.6) is 0 Å². The normalized spacial score (nSPS) is 9.56. The number of benzene rings is 1. The van der Waals surface area contributed by atoms with Crippen molar-refractivity contribution < 1.29 is 4.79 Å². The number of carbonyl (C=O) groups excluding carboxylic acids is 1. The Morgan fingerprint density at radius 1 is 1.38 bits per heavy atom. The van der Waals surface area contributed by atoms with Gasteiger partial charge in [-0.05, 0) is 37.6 Å². The first kappa shape index (κ1) is 12.3. The molecule has 16 heavy (non-hydrogen) atoms. The Balaban J connectivity index is 2.49. The van der Waals surface area contributed by atoms with E-state index >= 15 is 0 Å². The van der Waals surface area contributed by atoms with Gasteiger partial charge in [0, 0.05) is 25.7 Å². The number of hydrogen-bond acceptors (Lipinski definition) is 3. The highest BCUT2D eigenvalue weighted by Gasteiger charge is 2.01. The van der Waals surface area contributed by atoms with E-state index in [1.165, 1.54) is 0 Å². The lowest BCUT2D eigenvalue weighted by molar-refractivity contribution is -0.117. The van der Waals surface area contributed by atoms with Crippen LogP contribution in [0.2, 0.25) is 0 Å². The molecule has 0 bridgehead atoms. The number of nitriles is 1. The van der Waals surface area contributed by atoms with E-state index in [4.69, 9.17) is 5.26 Å². The van der Waals surface area contributed by atoms with Gasteiger partial charge in [0.15, 0.2) is 0 Å². The number of anilines is 1. The second-order valence-corrected chi connectivity index (χ2v) is 3.89. The third-order valence-electron chi connectivity index (χ3n) is 2.46. The summed E-state index contributed by atoms with van der Waals surface area (Å²) in [5.41, 5.74) is 1.74. The Morgan fingerprint density at radius 3 is 2.50 bits per heavy atom. The van der Waals surface area contributed by atoms with Crippen LogP contribution in [0.4, 0.5) is 5.69 Å². The number of carbonyl (C=O) groups is 1. The molecule has 0 radical (unpaired) electrons. The van der Waals surface area contributed by atoms with Gasteiger partial charge in [-0.1, -0.05) is 0 Å². The highest BCUT2D eigenvalue weighted by Crippen LogP contribution is 2.13. The molecule has 3 nitrogen and oxygen atoms in total. The number of Topliss-reactive ketones (excluding diaryl/α,β-unsaturated/α-hetero) is 1. The van der Waals surface area contributed by atoms with Crippen molar-refractivity contribution in [2.45, 2.75) is 19.8 Å². The average molecular weight is 216 g/mol. The van der Waals surface area contributed by atoms with E-state index in [0.29, 0.717) is 12.0 Å². The molecular formula is C13H16N2O. The minimum Gasteiger partial charge on any atom is -0.375 e. The summed E-state index contributed by atoms with van der Waals surface area (Å²) in [5, 5.41) is 8.67. The number of hydrogen-bond donors (Lipinski definition) is 0. The molecule has 0 saturated carbocycles. The summed E-state index contributed by atoms with van der Waals surface area (Å²) >= 11 is 0. The Kier molecular flexibility index (Phi) is 4.53. The molecule has 0 saturated heterocycles. The molecule has 84 valence electrons. The highest BCUT2D eigenvalue weighted by molar-refractivity contribution is 5.75. The maximum atomic E-state index is 10.8. The maximum absolute atomic E-state index is 10.8. The minimum absolute atomic E-state index is 0.230. The van der Waals surface area contributed by atoms with Crippen molar-refractivity contribution in [3.05, 3.63) is 29.8 Å². The molecule has 0 amide bonds. The lowest BCUT2D eigenvalue weighted by atomic mass is 10.2. The van der Waals surface area contributed by atoms with E-state index in [-0.39, 0.29) is 5.78 Å². The zero-order valence-corrected chi connectivity index (χ0v) is 9.73. The van der Waals surface area contributed by atoms with Crippen LogP contribution < -0.4 is 4.90 Å². The Bertz CT molecular complexity index is 389. The van der Waals surface area contributed by atoms with E-state index in [1.54, 1.807) is 19.1 Å². The fraction of sp³-hybridized carbons (Fsp3) is 0.385. The van der Waals surface area contributed by atoms with Crippen LogP contribution >= 0.6 is 0 Å². The van der Waals surface area contributed by atoms with E-state index < -0.39 is 0 Å². The van der Waals surface area contributed by atoms with Crippen LogP contribution in [0.15, 0.2) is 24.3 Å². The summed E-state index contributed by atoms with van der Waals surface area (Å²) in [4.78, 5) is 12.9. The van der Waals surface area contributed by atoms with Crippen molar-refractivity contribution in [1.29, 1.82) is 5.26 Å². The molecule has 0 fully saturated rings. The molecule has 0 aliphatic heterocycles. The van der Waals surface area contributed by atoms with Crippen LogP contribution in [-0.2, 0) is 4.79 Å².